The Labute approximate surface area is 72.0 Å². The Kier molecular flexibility index (Phi) is 1.93. The van der Waals surface area contributed by atoms with Gasteiger partial charge in [-0.2, -0.15) is 0 Å². The summed E-state index contributed by atoms with van der Waals surface area (Å²) in [5, 5.41) is 0. The Bertz CT molecular complexity index is 190. The second kappa shape index (κ2) is 2.82. The number of Topliss-reactive ketones (excluding diaryl/α,β-unsaturated/α-hetero) is 1. The molecule has 1 saturated heterocycles. The summed E-state index contributed by atoms with van der Waals surface area (Å²) < 4.78 is 10.4. The maximum absolute atomic E-state index is 11.5. The van der Waals surface area contributed by atoms with Crippen LogP contribution in [0.3, 0.4) is 0 Å². The van der Waals surface area contributed by atoms with Crippen molar-refractivity contribution >= 4 is 5.78 Å². The minimum atomic E-state index is -0.255. The lowest BCUT2D eigenvalue weighted by Gasteiger charge is -2.11. The lowest BCUT2D eigenvalue weighted by Crippen LogP contribution is -2.20. The summed E-state index contributed by atoms with van der Waals surface area (Å²) in [4.78, 5) is 11.5. The number of hydrogen-bond donors (Lipinski definition) is 0. The lowest BCUT2D eigenvalue weighted by molar-refractivity contribution is -0.131. The fourth-order valence-corrected chi connectivity index (χ4v) is 1.39. The molecule has 0 N–H and O–H groups in total. The van der Waals surface area contributed by atoms with Crippen molar-refractivity contribution in [2.45, 2.75) is 32.5 Å². The van der Waals surface area contributed by atoms with Crippen LogP contribution in [0.5, 0.6) is 0 Å². The van der Waals surface area contributed by atoms with Crippen molar-refractivity contribution in [3.05, 3.63) is 0 Å². The minimum absolute atomic E-state index is 0.0324. The summed E-state index contributed by atoms with van der Waals surface area (Å²) in [6, 6.07) is 0. The molecule has 0 atom stereocenters. The summed E-state index contributed by atoms with van der Waals surface area (Å²) in [5.74, 6) is 0.300. The normalized spacial score (nSPS) is 27.4. The van der Waals surface area contributed by atoms with Gasteiger partial charge in [-0.15, -0.1) is 0 Å². The van der Waals surface area contributed by atoms with E-state index in [0.717, 1.165) is 12.8 Å². The van der Waals surface area contributed by atoms with E-state index in [1.807, 2.05) is 6.92 Å². The van der Waals surface area contributed by atoms with Crippen molar-refractivity contribution in [1.29, 1.82) is 0 Å². The Morgan fingerprint density at radius 2 is 2.00 bits per heavy atom. The van der Waals surface area contributed by atoms with Crippen molar-refractivity contribution < 1.29 is 14.3 Å². The average Bonchev–Trinajstić information content (AvgIpc) is 2.63. The molecular formula is C9H14O3. The monoisotopic (exact) mass is 170 g/mol. The summed E-state index contributed by atoms with van der Waals surface area (Å²) in [6.45, 7) is 3.29. The largest absolute Gasteiger partial charge is 0.350 e. The molecule has 3 nitrogen and oxygen atoms in total. The van der Waals surface area contributed by atoms with Crippen molar-refractivity contribution in [2.24, 2.45) is 5.41 Å². The highest BCUT2D eigenvalue weighted by Gasteiger charge is 2.45. The molecule has 2 fully saturated rings. The first kappa shape index (κ1) is 8.20. The molecule has 1 aliphatic carbocycles. The highest BCUT2D eigenvalue weighted by molar-refractivity contribution is 5.87. The van der Waals surface area contributed by atoms with E-state index in [1.165, 1.54) is 0 Å². The molecule has 0 aromatic heterocycles. The molecule has 0 bridgehead atoms. The molecule has 1 aliphatic heterocycles. The molecule has 2 rings (SSSR count). The van der Waals surface area contributed by atoms with Gasteiger partial charge in [-0.05, 0) is 12.8 Å². The Morgan fingerprint density at radius 3 is 2.50 bits per heavy atom. The van der Waals surface area contributed by atoms with Crippen molar-refractivity contribution in [3.63, 3.8) is 0 Å². The second-order valence-electron chi connectivity index (χ2n) is 3.86. The van der Waals surface area contributed by atoms with E-state index < -0.39 is 0 Å². The number of carbonyl (C=O) groups is 1. The van der Waals surface area contributed by atoms with Crippen LogP contribution in [0.25, 0.3) is 0 Å². The van der Waals surface area contributed by atoms with E-state index in [2.05, 4.69) is 0 Å². The zero-order chi connectivity index (χ0) is 8.60. The van der Waals surface area contributed by atoms with Crippen LogP contribution in [-0.4, -0.2) is 25.3 Å². The number of rotatable bonds is 3. The third-order valence-electron chi connectivity index (χ3n) is 2.72. The van der Waals surface area contributed by atoms with Gasteiger partial charge in [0.15, 0.2) is 6.29 Å². The van der Waals surface area contributed by atoms with Gasteiger partial charge in [0.25, 0.3) is 0 Å². The highest BCUT2D eigenvalue weighted by Crippen LogP contribution is 2.46. The summed E-state index contributed by atoms with van der Waals surface area (Å²) >= 11 is 0. The molecule has 0 amide bonds. The van der Waals surface area contributed by atoms with Gasteiger partial charge in [-0.3, -0.25) is 4.79 Å². The molecule has 12 heavy (non-hydrogen) atoms. The molecule has 1 saturated carbocycles. The number of hydrogen-bond acceptors (Lipinski definition) is 3. The molecule has 68 valence electrons. The van der Waals surface area contributed by atoms with Crippen LogP contribution in [0.2, 0.25) is 0 Å². The standard InChI is InChI=1S/C9H14O3/c1-9(2-3-9)7(10)6-8-11-4-5-12-8/h8H,2-6H2,1H3. The molecule has 0 spiro atoms. The molecule has 0 aromatic rings. The molecule has 0 unspecified atom stereocenters. The maximum Gasteiger partial charge on any atom is 0.164 e. The molecule has 0 aromatic carbocycles. The number of carbonyl (C=O) groups excluding carboxylic acids is 1. The van der Waals surface area contributed by atoms with Gasteiger partial charge in [0.1, 0.15) is 5.78 Å². The molecule has 1 heterocycles. The third-order valence-corrected chi connectivity index (χ3v) is 2.72. The molecule has 3 heteroatoms. The Balaban J connectivity index is 1.82. The fraction of sp³-hybridized carbons (Fsp3) is 0.889. The van der Waals surface area contributed by atoms with Gasteiger partial charge in [-0.25, -0.2) is 0 Å². The third kappa shape index (κ3) is 1.52. The first-order valence-electron chi connectivity index (χ1n) is 4.47. The topological polar surface area (TPSA) is 35.5 Å². The first-order valence-corrected chi connectivity index (χ1v) is 4.47. The number of ketones is 1. The molecular weight excluding hydrogens is 156 g/mol. The zero-order valence-corrected chi connectivity index (χ0v) is 7.34. The Hall–Kier alpha value is -0.410. The summed E-state index contributed by atoms with van der Waals surface area (Å²) in [5.41, 5.74) is -0.0324. The quantitative estimate of drug-likeness (QED) is 0.636. The number of ether oxygens (including phenoxy) is 2. The van der Waals surface area contributed by atoms with Gasteiger partial charge in [0, 0.05) is 5.41 Å². The molecule has 2 aliphatic rings. The van der Waals surface area contributed by atoms with Crippen LogP contribution >= 0.6 is 0 Å². The van der Waals surface area contributed by atoms with Gasteiger partial charge < -0.3 is 9.47 Å². The van der Waals surface area contributed by atoms with E-state index in [-0.39, 0.29) is 11.7 Å². The van der Waals surface area contributed by atoms with E-state index in [4.69, 9.17) is 9.47 Å². The van der Waals surface area contributed by atoms with Gasteiger partial charge in [0.2, 0.25) is 0 Å². The Morgan fingerprint density at radius 1 is 1.42 bits per heavy atom. The predicted octanol–water partition coefficient (Wildman–Crippen LogP) is 1.12. The summed E-state index contributed by atoms with van der Waals surface area (Å²) in [7, 11) is 0. The van der Waals surface area contributed by atoms with Crippen LogP contribution in [0, 0.1) is 5.41 Å². The second-order valence-corrected chi connectivity index (χ2v) is 3.86. The smallest absolute Gasteiger partial charge is 0.164 e. The van der Waals surface area contributed by atoms with Crippen LogP contribution in [0.15, 0.2) is 0 Å². The van der Waals surface area contributed by atoms with E-state index in [9.17, 15) is 4.79 Å². The van der Waals surface area contributed by atoms with E-state index in [1.54, 1.807) is 0 Å². The maximum atomic E-state index is 11.5. The van der Waals surface area contributed by atoms with Gasteiger partial charge >= 0.3 is 0 Å². The zero-order valence-electron chi connectivity index (χ0n) is 7.34. The minimum Gasteiger partial charge on any atom is -0.350 e. The SMILES string of the molecule is CC1(C(=O)CC2OCCO2)CC1. The first-order chi connectivity index (χ1) is 5.71. The predicted molar refractivity (Wildman–Crippen MR) is 42.7 cm³/mol. The van der Waals surface area contributed by atoms with E-state index >= 15 is 0 Å². The fourth-order valence-electron chi connectivity index (χ4n) is 1.39. The van der Waals surface area contributed by atoms with Crippen LogP contribution in [-0.2, 0) is 14.3 Å². The van der Waals surface area contributed by atoms with Gasteiger partial charge in [0.05, 0.1) is 19.6 Å². The van der Waals surface area contributed by atoms with Gasteiger partial charge in [-0.1, -0.05) is 6.92 Å². The van der Waals surface area contributed by atoms with Crippen molar-refractivity contribution in [2.75, 3.05) is 13.2 Å². The van der Waals surface area contributed by atoms with Crippen molar-refractivity contribution in [3.8, 4) is 0 Å². The summed E-state index contributed by atoms with van der Waals surface area (Å²) in [6.07, 6.45) is 2.27. The highest BCUT2D eigenvalue weighted by atomic mass is 16.7. The molecule has 0 radical (unpaired) electrons. The van der Waals surface area contributed by atoms with Crippen molar-refractivity contribution in [1.82, 2.24) is 0 Å². The van der Waals surface area contributed by atoms with Crippen LogP contribution in [0.4, 0.5) is 0 Å². The van der Waals surface area contributed by atoms with Crippen LogP contribution < -0.4 is 0 Å². The average molecular weight is 170 g/mol. The van der Waals surface area contributed by atoms with E-state index in [0.29, 0.717) is 25.4 Å². The lowest BCUT2D eigenvalue weighted by atomic mass is 10.0. The van der Waals surface area contributed by atoms with Crippen LogP contribution in [0.1, 0.15) is 26.2 Å².